The maximum absolute atomic E-state index is 11.4. The Hall–Kier alpha value is -1.79. The van der Waals surface area contributed by atoms with Crippen LogP contribution in [0.2, 0.25) is 0 Å². The molecule has 0 amide bonds. The normalized spacial score (nSPS) is 27.2. The van der Waals surface area contributed by atoms with E-state index in [1.54, 1.807) is 7.11 Å². The number of fused-ring (bicyclic) bond motifs is 1. The number of methoxy groups -OCH3 is 2. The molecule has 132 valence electrons. The van der Waals surface area contributed by atoms with Crippen molar-refractivity contribution < 1.29 is 24.1 Å². The fourth-order valence-electron chi connectivity index (χ4n) is 3.70. The summed E-state index contributed by atoms with van der Waals surface area (Å²) in [6.07, 6.45) is 1.76. The second kappa shape index (κ2) is 7.40. The Labute approximate surface area is 142 Å². The molecule has 1 aliphatic heterocycles. The maximum Gasteiger partial charge on any atom is 0.508 e. The molecule has 1 aliphatic carbocycles. The van der Waals surface area contributed by atoms with E-state index in [9.17, 15) is 9.90 Å². The van der Waals surface area contributed by atoms with E-state index in [1.807, 2.05) is 6.07 Å². The number of ether oxygens (including phenoxy) is 3. The van der Waals surface area contributed by atoms with Crippen molar-refractivity contribution in [2.45, 2.75) is 43.9 Å². The van der Waals surface area contributed by atoms with Gasteiger partial charge >= 0.3 is 6.16 Å². The van der Waals surface area contributed by atoms with E-state index in [4.69, 9.17) is 9.47 Å². The summed E-state index contributed by atoms with van der Waals surface area (Å²) in [7, 11) is 2.96. The predicted octanol–water partition coefficient (Wildman–Crippen LogP) is 1.77. The van der Waals surface area contributed by atoms with Crippen LogP contribution in [0, 0.1) is 0 Å². The fourth-order valence-corrected chi connectivity index (χ4v) is 3.70. The van der Waals surface area contributed by atoms with Crippen LogP contribution in [-0.2, 0) is 22.3 Å². The summed E-state index contributed by atoms with van der Waals surface area (Å²) in [6.45, 7) is 1.35. The first-order valence-electron chi connectivity index (χ1n) is 8.43. The first-order chi connectivity index (χ1) is 11.6. The highest BCUT2D eigenvalue weighted by Crippen LogP contribution is 2.29. The van der Waals surface area contributed by atoms with Crippen LogP contribution in [0.5, 0.6) is 5.75 Å². The fraction of sp³-hybridized carbons (Fsp3) is 0.611. The van der Waals surface area contributed by atoms with Crippen LogP contribution < -0.4 is 4.74 Å². The molecule has 6 heteroatoms. The number of nitrogens with zero attached hydrogens (tertiary/aromatic N) is 1. The minimum Gasteiger partial charge on any atom is -0.497 e. The predicted molar refractivity (Wildman–Crippen MR) is 88.3 cm³/mol. The molecule has 1 heterocycles. The average Bonchev–Trinajstić information content (AvgIpc) is 2.62. The van der Waals surface area contributed by atoms with Gasteiger partial charge in [-0.3, -0.25) is 4.90 Å². The lowest BCUT2D eigenvalue weighted by molar-refractivity contribution is -0.0729. The minimum absolute atomic E-state index is 0.390. The number of aliphatic hydroxyl groups is 1. The van der Waals surface area contributed by atoms with Crippen molar-refractivity contribution in [2.75, 3.05) is 27.3 Å². The molecule has 1 fully saturated rings. The van der Waals surface area contributed by atoms with Gasteiger partial charge in [0.1, 0.15) is 11.9 Å². The lowest BCUT2D eigenvalue weighted by Gasteiger charge is -2.41. The Morgan fingerprint density at radius 2 is 2.08 bits per heavy atom. The summed E-state index contributed by atoms with van der Waals surface area (Å²) >= 11 is 0. The van der Waals surface area contributed by atoms with Crippen molar-refractivity contribution in [3.05, 3.63) is 29.3 Å². The summed E-state index contributed by atoms with van der Waals surface area (Å²) in [5.41, 5.74) is 2.70. The number of hydrogen-bond donors (Lipinski definition) is 1. The van der Waals surface area contributed by atoms with E-state index >= 15 is 0 Å². The topological polar surface area (TPSA) is 68.2 Å². The van der Waals surface area contributed by atoms with Gasteiger partial charge in [-0.15, -0.1) is 0 Å². The van der Waals surface area contributed by atoms with Crippen molar-refractivity contribution in [1.29, 1.82) is 0 Å². The van der Waals surface area contributed by atoms with Gasteiger partial charge in [-0.25, -0.2) is 4.79 Å². The molecule has 3 atom stereocenters. The van der Waals surface area contributed by atoms with Crippen LogP contribution >= 0.6 is 0 Å². The van der Waals surface area contributed by atoms with Gasteiger partial charge in [0, 0.05) is 19.1 Å². The number of aryl methyl sites for hydroxylation is 1. The zero-order chi connectivity index (χ0) is 17.1. The summed E-state index contributed by atoms with van der Waals surface area (Å²) in [5, 5.41) is 10.1. The van der Waals surface area contributed by atoms with E-state index in [0.717, 1.165) is 31.6 Å². The van der Waals surface area contributed by atoms with Gasteiger partial charge in [0.25, 0.3) is 0 Å². The van der Waals surface area contributed by atoms with Crippen molar-refractivity contribution in [1.82, 2.24) is 4.90 Å². The molecule has 0 radical (unpaired) electrons. The Morgan fingerprint density at radius 1 is 1.25 bits per heavy atom. The molecule has 1 unspecified atom stereocenters. The van der Waals surface area contributed by atoms with E-state index in [0.29, 0.717) is 19.0 Å². The van der Waals surface area contributed by atoms with Gasteiger partial charge in [-0.1, -0.05) is 6.07 Å². The molecule has 6 nitrogen and oxygen atoms in total. The standard InChI is InChI=1S/C18H25NO5/c1-22-15-6-4-12-3-5-14(9-13(12)10-15)19-8-7-16(20)17(11-19)24-18(21)23-2/h4,6,10,14,16-17,20H,3,5,7-9,11H2,1-2H3/t14?,16-,17-/m0/s1. The number of carbonyl (C=O) groups excluding carboxylic acids is 1. The van der Waals surface area contributed by atoms with E-state index in [2.05, 4.69) is 21.8 Å². The van der Waals surface area contributed by atoms with Gasteiger partial charge in [0.05, 0.1) is 20.3 Å². The third kappa shape index (κ3) is 3.65. The number of benzene rings is 1. The van der Waals surface area contributed by atoms with Crippen molar-refractivity contribution in [2.24, 2.45) is 0 Å². The van der Waals surface area contributed by atoms with Gasteiger partial charge in [-0.2, -0.15) is 0 Å². The summed E-state index contributed by atoms with van der Waals surface area (Å²) in [4.78, 5) is 13.7. The van der Waals surface area contributed by atoms with E-state index in [-0.39, 0.29) is 0 Å². The van der Waals surface area contributed by atoms with Crippen LogP contribution in [0.25, 0.3) is 0 Å². The van der Waals surface area contributed by atoms with Gasteiger partial charge in [-0.05, 0) is 48.9 Å². The molecule has 0 bridgehead atoms. The van der Waals surface area contributed by atoms with Gasteiger partial charge < -0.3 is 19.3 Å². The largest absolute Gasteiger partial charge is 0.508 e. The Bertz CT molecular complexity index is 591. The Morgan fingerprint density at radius 3 is 2.83 bits per heavy atom. The van der Waals surface area contributed by atoms with Crippen LogP contribution in [0.1, 0.15) is 24.0 Å². The third-order valence-electron chi connectivity index (χ3n) is 5.10. The van der Waals surface area contributed by atoms with Gasteiger partial charge in [0.15, 0.2) is 0 Å². The molecular weight excluding hydrogens is 310 g/mol. The number of piperidine rings is 1. The number of hydrogen-bond acceptors (Lipinski definition) is 6. The quantitative estimate of drug-likeness (QED) is 0.849. The highest BCUT2D eigenvalue weighted by Gasteiger charge is 2.35. The van der Waals surface area contributed by atoms with Crippen LogP contribution in [0.15, 0.2) is 18.2 Å². The van der Waals surface area contributed by atoms with Gasteiger partial charge in [0.2, 0.25) is 0 Å². The van der Waals surface area contributed by atoms with Crippen molar-refractivity contribution >= 4 is 6.16 Å². The summed E-state index contributed by atoms with van der Waals surface area (Å²) in [6, 6.07) is 6.66. The van der Waals surface area contributed by atoms with Crippen LogP contribution in [0.4, 0.5) is 4.79 Å². The number of rotatable bonds is 3. The third-order valence-corrected chi connectivity index (χ3v) is 5.10. The minimum atomic E-state index is -0.736. The average molecular weight is 335 g/mol. The smallest absolute Gasteiger partial charge is 0.497 e. The summed E-state index contributed by atoms with van der Waals surface area (Å²) in [5.74, 6) is 0.885. The van der Waals surface area contributed by atoms with Crippen LogP contribution in [0.3, 0.4) is 0 Å². The maximum atomic E-state index is 11.4. The number of aliphatic hydroxyl groups excluding tert-OH is 1. The second-order valence-electron chi connectivity index (χ2n) is 6.49. The molecule has 0 saturated carbocycles. The Balaban J connectivity index is 1.67. The molecule has 0 spiro atoms. The number of likely N-dealkylation sites (tertiary alicyclic amines) is 1. The Kier molecular flexibility index (Phi) is 5.26. The lowest BCUT2D eigenvalue weighted by atomic mass is 9.86. The molecule has 1 N–H and O–H groups in total. The number of carbonyl (C=O) groups is 1. The van der Waals surface area contributed by atoms with Crippen molar-refractivity contribution in [3.63, 3.8) is 0 Å². The monoisotopic (exact) mass is 335 g/mol. The first kappa shape index (κ1) is 17.0. The molecule has 3 rings (SSSR count). The van der Waals surface area contributed by atoms with E-state index in [1.165, 1.54) is 18.2 Å². The molecule has 1 saturated heterocycles. The lowest BCUT2D eigenvalue weighted by Crippen LogP contribution is -2.53. The highest BCUT2D eigenvalue weighted by atomic mass is 16.7. The molecule has 1 aromatic rings. The summed E-state index contributed by atoms with van der Waals surface area (Å²) < 4.78 is 15.1. The molecule has 2 aliphatic rings. The zero-order valence-corrected chi connectivity index (χ0v) is 14.2. The highest BCUT2D eigenvalue weighted by molar-refractivity contribution is 5.59. The molecule has 24 heavy (non-hydrogen) atoms. The van der Waals surface area contributed by atoms with Crippen LogP contribution in [-0.4, -0.2) is 61.7 Å². The zero-order valence-electron chi connectivity index (χ0n) is 14.2. The molecular formula is C18H25NO5. The molecule has 1 aromatic carbocycles. The molecule has 0 aromatic heterocycles. The second-order valence-corrected chi connectivity index (χ2v) is 6.49. The van der Waals surface area contributed by atoms with Crippen molar-refractivity contribution in [3.8, 4) is 5.75 Å². The first-order valence-corrected chi connectivity index (χ1v) is 8.43. The van der Waals surface area contributed by atoms with E-state index < -0.39 is 18.4 Å². The SMILES string of the molecule is COC(=O)O[C@H]1CN(C2CCc3ccc(OC)cc3C2)CC[C@@H]1O.